The summed E-state index contributed by atoms with van der Waals surface area (Å²) in [5.41, 5.74) is 5.03. The lowest BCUT2D eigenvalue weighted by Gasteiger charge is -2.37. The van der Waals surface area contributed by atoms with Crippen LogP contribution in [-0.2, 0) is 17.8 Å². The number of carbonyl (C=O) groups is 1. The summed E-state index contributed by atoms with van der Waals surface area (Å²) >= 11 is 0. The topological polar surface area (TPSA) is 109 Å². The Hall–Kier alpha value is -4.46. The van der Waals surface area contributed by atoms with Crippen molar-refractivity contribution >= 4 is 28.2 Å². The molecule has 10 heteroatoms. The average molecular weight is 594 g/mol. The quantitative estimate of drug-likeness (QED) is 0.389. The Morgan fingerprint density at radius 3 is 2.77 bits per heavy atom. The second kappa shape index (κ2) is 13.0. The number of aliphatic hydroxyl groups excluding tert-OH is 1. The summed E-state index contributed by atoms with van der Waals surface area (Å²) in [6, 6.07) is 15.8. The van der Waals surface area contributed by atoms with E-state index in [2.05, 4.69) is 66.2 Å². The molecular formula is C34H39N7O3. The van der Waals surface area contributed by atoms with Gasteiger partial charge in [-0.15, -0.1) is 0 Å². The number of rotatable bonds is 8. The molecule has 0 bridgehead atoms. The molecule has 10 nitrogen and oxygen atoms in total. The number of hydrogen-bond donors (Lipinski definition) is 1. The van der Waals surface area contributed by atoms with Crippen LogP contribution in [0.15, 0.2) is 60.4 Å². The Labute approximate surface area is 258 Å². The second-order valence-electron chi connectivity index (χ2n) is 11.7. The van der Waals surface area contributed by atoms with Gasteiger partial charge in [0, 0.05) is 54.6 Å². The highest BCUT2D eigenvalue weighted by Gasteiger charge is 2.30. The maximum absolute atomic E-state index is 12.8. The zero-order valence-corrected chi connectivity index (χ0v) is 25.4. The Kier molecular flexibility index (Phi) is 8.77. The van der Waals surface area contributed by atoms with E-state index in [0.717, 1.165) is 49.4 Å². The van der Waals surface area contributed by atoms with E-state index in [9.17, 15) is 10.1 Å². The number of aryl methyl sites for hydroxylation is 1. The number of nitrogens with zero attached hydrogens (tertiary/aromatic N) is 7. The molecule has 0 saturated carbocycles. The summed E-state index contributed by atoms with van der Waals surface area (Å²) < 4.78 is 6.29. The third-order valence-electron chi connectivity index (χ3n) is 8.91. The standard InChI is InChI=1S/C34H39N7O3/c1-24-7-3-8-25-9-4-11-30(32(24)25)39-17-14-28-29(22-39)36-34(44-23-27-10-5-16-38(27)2)37-33(28)40-18-19-41(26(21-40)13-15-35)31(43)12-6-20-42/h3-4,6-9,11-12,21,27,42H,5,10,13-14,16-20,22-23H2,1-2H3/b12-6+/t27-/m1/s1. The average Bonchev–Trinajstić information content (AvgIpc) is 3.46. The molecule has 0 aliphatic carbocycles. The lowest BCUT2D eigenvalue weighted by molar-refractivity contribution is -0.124. The number of likely N-dealkylation sites (N-methyl/N-ethyl adjacent to an activating group) is 1. The number of carbonyl (C=O) groups excluding carboxylic acids is 1. The first-order valence-corrected chi connectivity index (χ1v) is 15.4. The van der Waals surface area contributed by atoms with Gasteiger partial charge in [-0.1, -0.05) is 36.4 Å². The maximum Gasteiger partial charge on any atom is 0.318 e. The molecule has 3 aliphatic heterocycles. The van der Waals surface area contributed by atoms with Gasteiger partial charge in [0.2, 0.25) is 0 Å². The molecule has 0 spiro atoms. The van der Waals surface area contributed by atoms with Crippen LogP contribution < -0.4 is 14.5 Å². The van der Waals surface area contributed by atoms with Crippen molar-refractivity contribution in [2.45, 2.75) is 45.2 Å². The minimum atomic E-state index is -0.254. The van der Waals surface area contributed by atoms with E-state index in [0.29, 0.717) is 44.0 Å². The molecule has 1 atom stereocenters. The fraction of sp³-hybridized carbons (Fsp3) is 0.412. The number of nitriles is 1. The Balaban J connectivity index is 1.36. The van der Waals surface area contributed by atoms with Crippen LogP contribution in [0.1, 0.15) is 36.1 Å². The Bertz CT molecular complexity index is 1640. The molecule has 2 aromatic carbocycles. The number of anilines is 2. The molecule has 1 aromatic heterocycles. The summed E-state index contributed by atoms with van der Waals surface area (Å²) in [7, 11) is 2.13. The molecule has 1 amide bonds. The van der Waals surface area contributed by atoms with Crippen LogP contribution in [0.25, 0.3) is 10.8 Å². The molecule has 228 valence electrons. The van der Waals surface area contributed by atoms with Crippen molar-refractivity contribution in [3.8, 4) is 12.1 Å². The number of ether oxygens (including phenoxy) is 1. The molecule has 0 radical (unpaired) electrons. The first kappa shape index (κ1) is 29.6. The van der Waals surface area contributed by atoms with Crippen molar-refractivity contribution in [3.05, 3.63) is 77.3 Å². The zero-order valence-electron chi connectivity index (χ0n) is 25.4. The van der Waals surface area contributed by atoms with E-state index in [1.54, 1.807) is 4.90 Å². The molecule has 6 rings (SSSR count). The number of aliphatic hydroxyl groups is 1. The largest absolute Gasteiger partial charge is 0.462 e. The van der Waals surface area contributed by atoms with Crippen molar-refractivity contribution in [1.29, 1.82) is 5.26 Å². The van der Waals surface area contributed by atoms with Crippen LogP contribution in [0, 0.1) is 18.3 Å². The normalized spacial score (nSPS) is 18.9. The van der Waals surface area contributed by atoms with Gasteiger partial charge in [0.1, 0.15) is 12.4 Å². The smallest absolute Gasteiger partial charge is 0.318 e. The first-order valence-electron chi connectivity index (χ1n) is 15.4. The van der Waals surface area contributed by atoms with Crippen molar-refractivity contribution in [2.75, 3.05) is 56.2 Å². The van der Waals surface area contributed by atoms with E-state index in [1.807, 2.05) is 11.1 Å². The van der Waals surface area contributed by atoms with Crippen LogP contribution in [0.4, 0.5) is 11.5 Å². The lowest BCUT2D eigenvalue weighted by atomic mass is 9.99. The molecule has 1 saturated heterocycles. The minimum absolute atomic E-state index is 0.0774. The van der Waals surface area contributed by atoms with Gasteiger partial charge in [-0.25, -0.2) is 0 Å². The van der Waals surface area contributed by atoms with Crippen molar-refractivity contribution in [1.82, 2.24) is 19.8 Å². The predicted octanol–water partition coefficient (Wildman–Crippen LogP) is 3.93. The van der Waals surface area contributed by atoms with Crippen LogP contribution in [-0.4, -0.2) is 83.3 Å². The Morgan fingerprint density at radius 1 is 1.16 bits per heavy atom. The van der Waals surface area contributed by atoms with Crippen LogP contribution in [0.2, 0.25) is 0 Å². The van der Waals surface area contributed by atoms with Gasteiger partial charge in [0.05, 0.1) is 37.0 Å². The summed E-state index contributed by atoms with van der Waals surface area (Å²) in [6.07, 6.45) is 7.69. The van der Waals surface area contributed by atoms with Gasteiger partial charge in [0.15, 0.2) is 0 Å². The van der Waals surface area contributed by atoms with Crippen molar-refractivity contribution < 1.29 is 14.6 Å². The molecule has 4 heterocycles. The molecule has 1 N–H and O–H groups in total. The summed E-state index contributed by atoms with van der Waals surface area (Å²) in [4.78, 5) is 31.1. The zero-order chi connectivity index (χ0) is 30.6. The maximum atomic E-state index is 12.8. The molecule has 3 aromatic rings. The van der Waals surface area contributed by atoms with E-state index in [-0.39, 0.29) is 18.9 Å². The monoisotopic (exact) mass is 593 g/mol. The van der Waals surface area contributed by atoms with Crippen LogP contribution >= 0.6 is 0 Å². The van der Waals surface area contributed by atoms with E-state index in [4.69, 9.17) is 19.8 Å². The minimum Gasteiger partial charge on any atom is -0.462 e. The number of benzene rings is 2. The highest BCUT2D eigenvalue weighted by molar-refractivity contribution is 5.97. The third kappa shape index (κ3) is 5.98. The van der Waals surface area contributed by atoms with Crippen molar-refractivity contribution in [3.63, 3.8) is 0 Å². The van der Waals surface area contributed by atoms with Crippen molar-refractivity contribution in [2.24, 2.45) is 0 Å². The SMILES string of the molecule is Cc1cccc2cccc(N3CCc4c(nc(OC[C@H]5CCCN5C)nc4N4C=C(CC#N)N(C(=O)/C=C/CO)CC4)C3)c12. The molecular weight excluding hydrogens is 554 g/mol. The van der Waals surface area contributed by atoms with Gasteiger partial charge >= 0.3 is 6.01 Å². The number of aromatic nitrogens is 2. The van der Waals surface area contributed by atoms with Gasteiger partial charge in [-0.3, -0.25) is 4.79 Å². The van der Waals surface area contributed by atoms with E-state index >= 15 is 0 Å². The highest BCUT2D eigenvalue weighted by atomic mass is 16.5. The number of allylic oxidation sites excluding steroid dienone is 1. The highest BCUT2D eigenvalue weighted by Crippen LogP contribution is 2.36. The van der Waals surface area contributed by atoms with Gasteiger partial charge in [0.25, 0.3) is 5.91 Å². The number of hydrogen-bond acceptors (Lipinski definition) is 9. The second-order valence-corrected chi connectivity index (χ2v) is 11.7. The molecule has 1 fully saturated rings. The predicted molar refractivity (Wildman–Crippen MR) is 170 cm³/mol. The van der Waals surface area contributed by atoms with Crippen LogP contribution in [0.5, 0.6) is 6.01 Å². The number of fused-ring (bicyclic) bond motifs is 2. The van der Waals surface area contributed by atoms with E-state index in [1.165, 1.54) is 34.2 Å². The lowest BCUT2D eigenvalue weighted by Crippen LogP contribution is -2.42. The molecule has 0 unspecified atom stereocenters. The number of amides is 1. The van der Waals surface area contributed by atoms with Gasteiger partial charge < -0.3 is 29.4 Å². The fourth-order valence-corrected chi connectivity index (χ4v) is 6.58. The summed E-state index contributed by atoms with van der Waals surface area (Å²) in [5.74, 6) is 0.516. The van der Waals surface area contributed by atoms with Gasteiger partial charge in [-0.2, -0.15) is 15.2 Å². The summed E-state index contributed by atoms with van der Waals surface area (Å²) in [5, 5.41) is 21.2. The fourth-order valence-electron chi connectivity index (χ4n) is 6.58. The first-order chi connectivity index (χ1) is 21.5. The Morgan fingerprint density at radius 2 is 2.00 bits per heavy atom. The van der Waals surface area contributed by atoms with E-state index < -0.39 is 0 Å². The van der Waals surface area contributed by atoms with Gasteiger partial charge in [-0.05, 0) is 56.8 Å². The third-order valence-corrected chi connectivity index (χ3v) is 8.91. The van der Waals surface area contributed by atoms with Crippen LogP contribution in [0.3, 0.4) is 0 Å². The molecule has 44 heavy (non-hydrogen) atoms. The molecule has 3 aliphatic rings. The number of likely N-dealkylation sites (tertiary alicyclic amines) is 1. The summed E-state index contributed by atoms with van der Waals surface area (Å²) in [6.45, 7) is 5.86.